The van der Waals surface area contributed by atoms with Crippen molar-refractivity contribution in [2.24, 2.45) is 5.11 Å². The van der Waals surface area contributed by atoms with Gasteiger partial charge in [-0.15, -0.1) is 11.8 Å². The van der Waals surface area contributed by atoms with E-state index in [1.54, 1.807) is 24.3 Å². The first-order chi connectivity index (χ1) is 19.1. The summed E-state index contributed by atoms with van der Waals surface area (Å²) >= 11 is 1.28. The van der Waals surface area contributed by atoms with Crippen molar-refractivity contribution in [3.63, 3.8) is 0 Å². The van der Waals surface area contributed by atoms with Gasteiger partial charge in [-0.2, -0.15) is 0 Å². The van der Waals surface area contributed by atoms with Gasteiger partial charge < -0.3 is 14.8 Å². The number of fused-ring (bicyclic) bond motifs is 1. The second kappa shape index (κ2) is 11.8. The summed E-state index contributed by atoms with van der Waals surface area (Å²) in [6.07, 6.45) is -0.755. The SMILES string of the molecule is [N-]=[N+]=NC1=C(C(=O)OC(c2ccccc2)c2ccccc2)N2C(=O)[C@@H](NC(=O)COc3ccccc3)[C@H]2SC1. The summed E-state index contributed by atoms with van der Waals surface area (Å²) in [5.74, 6) is -1.09. The number of hydrogen-bond donors (Lipinski definition) is 1. The number of thioether (sulfide) groups is 1. The molecule has 0 bridgehead atoms. The fraction of sp³-hybridized carbons (Fsp3) is 0.179. The highest BCUT2D eigenvalue weighted by Crippen LogP contribution is 2.42. The van der Waals surface area contributed by atoms with E-state index in [0.717, 1.165) is 11.1 Å². The van der Waals surface area contributed by atoms with E-state index < -0.39 is 35.3 Å². The summed E-state index contributed by atoms with van der Waals surface area (Å²) in [6.45, 7) is -0.268. The van der Waals surface area contributed by atoms with Crippen molar-refractivity contribution in [2.45, 2.75) is 17.5 Å². The van der Waals surface area contributed by atoms with Gasteiger partial charge in [0.15, 0.2) is 12.7 Å². The molecule has 1 fully saturated rings. The summed E-state index contributed by atoms with van der Waals surface area (Å²) in [4.78, 5) is 43.3. The van der Waals surface area contributed by atoms with Crippen LogP contribution < -0.4 is 10.1 Å². The maximum Gasteiger partial charge on any atom is 0.356 e. The topological polar surface area (TPSA) is 134 Å². The molecule has 2 amide bonds. The highest BCUT2D eigenvalue weighted by Gasteiger charge is 2.54. The molecule has 2 atom stereocenters. The number of nitrogens with one attached hydrogen (secondary N) is 1. The largest absolute Gasteiger partial charge is 0.484 e. The van der Waals surface area contributed by atoms with E-state index in [4.69, 9.17) is 15.0 Å². The second-order valence-corrected chi connectivity index (χ2v) is 9.75. The van der Waals surface area contributed by atoms with Crippen LogP contribution in [-0.2, 0) is 19.1 Å². The molecular formula is C28H23N5O5S. The van der Waals surface area contributed by atoms with Crippen LogP contribution in [0, 0.1) is 0 Å². The third-order valence-corrected chi connectivity index (χ3v) is 7.43. The Morgan fingerprint density at radius 2 is 1.59 bits per heavy atom. The van der Waals surface area contributed by atoms with Gasteiger partial charge in [-0.3, -0.25) is 14.5 Å². The van der Waals surface area contributed by atoms with Gasteiger partial charge in [-0.05, 0) is 28.8 Å². The molecule has 10 nitrogen and oxygen atoms in total. The average molecular weight is 542 g/mol. The summed E-state index contributed by atoms with van der Waals surface area (Å²) in [7, 11) is 0. The lowest BCUT2D eigenvalue weighted by atomic mass is 10.0. The highest BCUT2D eigenvalue weighted by molar-refractivity contribution is 8.00. The minimum atomic E-state index is -0.865. The first-order valence-corrected chi connectivity index (χ1v) is 13.1. The Kier molecular flexibility index (Phi) is 7.81. The number of amides is 2. The number of carbonyl (C=O) groups excluding carboxylic acids is 3. The normalized spacial score (nSPS) is 18.0. The first-order valence-electron chi connectivity index (χ1n) is 12.1. The van der Waals surface area contributed by atoms with Crippen LogP contribution in [0.1, 0.15) is 17.2 Å². The summed E-state index contributed by atoms with van der Waals surface area (Å²) in [5, 5.41) is 5.79. The molecule has 3 aromatic rings. The van der Waals surface area contributed by atoms with Crippen molar-refractivity contribution in [3.8, 4) is 5.75 Å². The van der Waals surface area contributed by atoms with E-state index in [0.29, 0.717) is 5.75 Å². The zero-order valence-electron chi connectivity index (χ0n) is 20.5. The number of rotatable bonds is 9. The maximum absolute atomic E-state index is 13.6. The third-order valence-electron chi connectivity index (χ3n) is 6.17. The van der Waals surface area contributed by atoms with E-state index in [9.17, 15) is 14.4 Å². The van der Waals surface area contributed by atoms with Gasteiger partial charge in [0.25, 0.3) is 11.8 Å². The zero-order chi connectivity index (χ0) is 27.2. The summed E-state index contributed by atoms with van der Waals surface area (Å²) in [5.41, 5.74) is 10.6. The molecule has 5 rings (SSSR count). The molecule has 2 aliphatic rings. The predicted octanol–water partition coefficient (Wildman–Crippen LogP) is 4.32. The van der Waals surface area contributed by atoms with Crippen LogP contribution in [0.15, 0.2) is 108 Å². The van der Waals surface area contributed by atoms with E-state index >= 15 is 0 Å². The number of β-lactam (4-membered cyclic amide) rings is 1. The van der Waals surface area contributed by atoms with E-state index in [1.807, 2.05) is 66.7 Å². The number of para-hydroxylation sites is 1. The molecule has 0 spiro atoms. The van der Waals surface area contributed by atoms with Crippen molar-refractivity contribution >= 4 is 29.5 Å². The quantitative estimate of drug-likeness (QED) is 0.141. The van der Waals surface area contributed by atoms with Crippen molar-refractivity contribution in [3.05, 3.63) is 124 Å². The summed E-state index contributed by atoms with van der Waals surface area (Å²) < 4.78 is 11.4. The zero-order valence-corrected chi connectivity index (χ0v) is 21.4. The van der Waals surface area contributed by atoms with Crippen molar-refractivity contribution in [1.29, 1.82) is 0 Å². The van der Waals surface area contributed by atoms with E-state index in [-0.39, 0.29) is 23.8 Å². The number of carbonyl (C=O) groups is 3. The van der Waals surface area contributed by atoms with Crippen LogP contribution in [0.2, 0.25) is 0 Å². The first kappa shape index (κ1) is 25.9. The van der Waals surface area contributed by atoms with Crippen LogP contribution in [0.5, 0.6) is 5.75 Å². The Balaban J connectivity index is 1.34. The monoisotopic (exact) mass is 541 g/mol. The highest BCUT2D eigenvalue weighted by atomic mass is 32.2. The lowest BCUT2D eigenvalue weighted by Gasteiger charge is -2.49. The van der Waals surface area contributed by atoms with Gasteiger partial charge in [-0.1, -0.05) is 84.0 Å². The van der Waals surface area contributed by atoms with Crippen LogP contribution in [0.25, 0.3) is 10.4 Å². The van der Waals surface area contributed by atoms with Gasteiger partial charge >= 0.3 is 5.97 Å². The minimum absolute atomic E-state index is 0.0918. The average Bonchev–Trinajstić information content (AvgIpc) is 2.98. The Morgan fingerprint density at radius 1 is 1.00 bits per heavy atom. The number of azide groups is 1. The molecule has 0 saturated carbocycles. The molecule has 39 heavy (non-hydrogen) atoms. The molecule has 2 heterocycles. The molecule has 0 aliphatic carbocycles. The Labute approximate surface area is 228 Å². The van der Waals surface area contributed by atoms with Crippen molar-refractivity contribution < 1.29 is 23.9 Å². The van der Waals surface area contributed by atoms with Gasteiger partial charge in [0, 0.05) is 10.7 Å². The molecule has 0 radical (unpaired) electrons. The van der Waals surface area contributed by atoms with Gasteiger partial charge in [-0.25, -0.2) is 4.79 Å². The fourth-order valence-corrected chi connectivity index (χ4v) is 5.61. The number of benzene rings is 3. The lowest BCUT2D eigenvalue weighted by Crippen LogP contribution is -2.70. The van der Waals surface area contributed by atoms with Gasteiger partial charge in [0.1, 0.15) is 22.9 Å². The smallest absolute Gasteiger partial charge is 0.356 e. The van der Waals surface area contributed by atoms with Crippen LogP contribution in [0.4, 0.5) is 0 Å². The van der Waals surface area contributed by atoms with Crippen molar-refractivity contribution in [1.82, 2.24) is 10.2 Å². The molecule has 196 valence electrons. The molecule has 11 heteroatoms. The molecule has 0 unspecified atom stereocenters. The Bertz CT molecular complexity index is 1410. The molecule has 1 saturated heterocycles. The Hall–Kier alpha value is -4.73. The molecular weight excluding hydrogens is 518 g/mol. The predicted molar refractivity (Wildman–Crippen MR) is 144 cm³/mol. The van der Waals surface area contributed by atoms with E-state index in [2.05, 4.69) is 15.3 Å². The van der Waals surface area contributed by atoms with Crippen molar-refractivity contribution in [2.75, 3.05) is 12.4 Å². The maximum atomic E-state index is 13.6. The number of esters is 1. The van der Waals surface area contributed by atoms with Gasteiger partial charge in [0.2, 0.25) is 0 Å². The van der Waals surface area contributed by atoms with E-state index in [1.165, 1.54) is 16.7 Å². The lowest BCUT2D eigenvalue weighted by molar-refractivity contribution is -0.154. The third kappa shape index (κ3) is 5.59. The number of ether oxygens (including phenoxy) is 2. The standard InChI is InChI=1S/C28H23N5O5S/c29-32-31-21-17-39-27-23(30-22(34)16-37-20-14-8-3-9-15-20)26(35)33(27)24(21)28(36)38-25(18-10-4-1-5-11-18)19-12-6-2-7-13-19/h1-15,23,25,27H,16-17H2,(H,30,34)/t23-,27-/m1/s1. The van der Waals surface area contributed by atoms with Crippen LogP contribution >= 0.6 is 11.8 Å². The van der Waals surface area contributed by atoms with Gasteiger partial charge in [0.05, 0.1) is 5.70 Å². The van der Waals surface area contributed by atoms with Crippen LogP contribution in [0.3, 0.4) is 0 Å². The number of hydrogen-bond acceptors (Lipinski definition) is 7. The Morgan fingerprint density at radius 3 is 2.18 bits per heavy atom. The van der Waals surface area contributed by atoms with Crippen LogP contribution in [-0.4, -0.2) is 46.5 Å². The molecule has 1 N–H and O–H groups in total. The summed E-state index contributed by atoms with van der Waals surface area (Å²) in [6, 6.07) is 26.4. The molecule has 2 aliphatic heterocycles. The minimum Gasteiger partial charge on any atom is -0.484 e. The molecule has 0 aromatic heterocycles. The molecule has 3 aromatic carbocycles. The number of nitrogens with zero attached hydrogens (tertiary/aromatic N) is 4. The fourth-order valence-electron chi connectivity index (χ4n) is 4.35. The second-order valence-electron chi connectivity index (χ2n) is 8.65.